The number of hydrogen-bond acceptors (Lipinski definition) is 2. The lowest BCUT2D eigenvalue weighted by Gasteiger charge is -2.34. The molecule has 1 saturated heterocycles. The number of amides is 1. The van der Waals surface area contributed by atoms with E-state index < -0.39 is 0 Å². The molecule has 1 heterocycles. The molecule has 0 unspecified atom stereocenters. The Hall–Kier alpha value is -2.36. The summed E-state index contributed by atoms with van der Waals surface area (Å²) in [6, 6.07) is 22.5. The molecule has 0 atom stereocenters. The van der Waals surface area contributed by atoms with E-state index in [1.807, 2.05) is 41.3 Å². The Balaban J connectivity index is 1.40. The van der Waals surface area contributed by atoms with Crippen molar-refractivity contribution >= 4 is 28.3 Å². The summed E-state index contributed by atoms with van der Waals surface area (Å²) in [5, 5.41) is 3.08. The molecule has 3 aromatic rings. The van der Waals surface area contributed by atoms with Crippen LogP contribution in [0, 0.1) is 0 Å². The van der Waals surface area contributed by atoms with Crippen LogP contribution in [0.15, 0.2) is 66.7 Å². The number of rotatable bonds is 4. The van der Waals surface area contributed by atoms with Crippen molar-refractivity contribution in [3.8, 4) is 0 Å². The molecular formula is C22H21ClN2O. The van der Waals surface area contributed by atoms with Crippen molar-refractivity contribution in [2.75, 3.05) is 19.6 Å². The predicted octanol–water partition coefficient (Wildman–Crippen LogP) is 4.34. The summed E-state index contributed by atoms with van der Waals surface area (Å²) in [5.41, 5.74) is 2.41. The number of nitrogens with zero attached hydrogens (tertiary/aromatic N) is 2. The molecule has 4 heteroatoms. The fourth-order valence-corrected chi connectivity index (χ4v) is 3.67. The summed E-state index contributed by atoms with van der Waals surface area (Å²) >= 11 is 6.05. The summed E-state index contributed by atoms with van der Waals surface area (Å²) in [6.07, 6.45) is 0. The minimum absolute atomic E-state index is 0.202. The van der Waals surface area contributed by atoms with Gasteiger partial charge in [-0.2, -0.15) is 0 Å². The Kier molecular flexibility index (Phi) is 4.91. The van der Waals surface area contributed by atoms with Gasteiger partial charge in [0.15, 0.2) is 0 Å². The van der Waals surface area contributed by atoms with Crippen LogP contribution in [0.3, 0.4) is 0 Å². The standard InChI is InChI=1S/C22H21ClN2O/c23-21-9-8-19-12-18(6-7-20(19)13-21)14-24-10-11-25(22(26)16-24)15-17-4-2-1-3-5-17/h1-9,12-13H,10-11,14-16H2. The lowest BCUT2D eigenvalue weighted by molar-refractivity contribution is -0.136. The minimum atomic E-state index is 0.202. The van der Waals surface area contributed by atoms with Gasteiger partial charge in [-0.25, -0.2) is 0 Å². The largest absolute Gasteiger partial charge is 0.336 e. The number of benzene rings is 3. The van der Waals surface area contributed by atoms with E-state index in [4.69, 9.17) is 11.6 Å². The maximum absolute atomic E-state index is 12.5. The topological polar surface area (TPSA) is 23.6 Å². The quantitative estimate of drug-likeness (QED) is 0.687. The van der Waals surface area contributed by atoms with Crippen LogP contribution in [0.1, 0.15) is 11.1 Å². The van der Waals surface area contributed by atoms with E-state index in [2.05, 4.69) is 35.2 Å². The Bertz CT molecular complexity index is 926. The maximum atomic E-state index is 12.5. The van der Waals surface area contributed by atoms with Crippen molar-refractivity contribution < 1.29 is 4.79 Å². The van der Waals surface area contributed by atoms with Gasteiger partial charge < -0.3 is 4.90 Å². The zero-order valence-corrected chi connectivity index (χ0v) is 15.3. The molecule has 1 amide bonds. The lowest BCUT2D eigenvalue weighted by atomic mass is 10.1. The minimum Gasteiger partial charge on any atom is -0.336 e. The number of carbonyl (C=O) groups excluding carboxylic acids is 1. The highest BCUT2D eigenvalue weighted by Gasteiger charge is 2.23. The SMILES string of the molecule is O=C1CN(Cc2ccc3cc(Cl)ccc3c2)CCN1Cc1ccccc1. The second kappa shape index (κ2) is 7.48. The maximum Gasteiger partial charge on any atom is 0.237 e. The van der Waals surface area contributed by atoms with E-state index in [1.54, 1.807) is 0 Å². The van der Waals surface area contributed by atoms with Crippen molar-refractivity contribution in [1.29, 1.82) is 0 Å². The summed E-state index contributed by atoms with van der Waals surface area (Å²) in [7, 11) is 0. The number of halogens is 1. The molecular weight excluding hydrogens is 344 g/mol. The molecule has 0 radical (unpaired) electrons. The zero-order valence-electron chi connectivity index (χ0n) is 14.6. The fourth-order valence-electron chi connectivity index (χ4n) is 3.49. The molecule has 0 saturated carbocycles. The Morgan fingerprint density at radius 1 is 0.808 bits per heavy atom. The molecule has 0 N–H and O–H groups in total. The molecule has 0 bridgehead atoms. The van der Waals surface area contributed by atoms with Crippen molar-refractivity contribution in [3.05, 3.63) is 82.9 Å². The van der Waals surface area contributed by atoms with Crippen LogP contribution in [0.25, 0.3) is 10.8 Å². The third-order valence-electron chi connectivity index (χ3n) is 4.89. The predicted molar refractivity (Wildman–Crippen MR) is 106 cm³/mol. The second-order valence-electron chi connectivity index (χ2n) is 6.84. The fraction of sp³-hybridized carbons (Fsp3) is 0.227. The molecule has 132 valence electrons. The van der Waals surface area contributed by atoms with Gasteiger partial charge in [0.1, 0.15) is 0 Å². The Morgan fingerprint density at radius 3 is 2.38 bits per heavy atom. The first-order chi connectivity index (χ1) is 12.7. The first-order valence-corrected chi connectivity index (χ1v) is 9.27. The van der Waals surface area contributed by atoms with E-state index in [1.165, 1.54) is 16.5 Å². The average Bonchev–Trinajstić information content (AvgIpc) is 2.65. The van der Waals surface area contributed by atoms with Gasteiger partial charge in [0, 0.05) is 31.2 Å². The third kappa shape index (κ3) is 3.90. The van der Waals surface area contributed by atoms with Gasteiger partial charge in [-0.1, -0.05) is 60.1 Å². The van der Waals surface area contributed by atoms with Crippen LogP contribution in [0.5, 0.6) is 0 Å². The van der Waals surface area contributed by atoms with Crippen LogP contribution in [-0.2, 0) is 17.9 Å². The van der Waals surface area contributed by atoms with Gasteiger partial charge in [0.25, 0.3) is 0 Å². The van der Waals surface area contributed by atoms with Crippen LogP contribution in [0.4, 0.5) is 0 Å². The highest BCUT2D eigenvalue weighted by Crippen LogP contribution is 2.21. The van der Waals surface area contributed by atoms with E-state index in [0.717, 1.165) is 30.0 Å². The Morgan fingerprint density at radius 2 is 1.58 bits per heavy atom. The molecule has 3 nitrogen and oxygen atoms in total. The van der Waals surface area contributed by atoms with E-state index in [9.17, 15) is 4.79 Å². The van der Waals surface area contributed by atoms with Gasteiger partial charge in [-0.15, -0.1) is 0 Å². The number of piperazine rings is 1. The van der Waals surface area contributed by atoms with E-state index in [0.29, 0.717) is 13.1 Å². The molecule has 0 spiro atoms. The second-order valence-corrected chi connectivity index (χ2v) is 7.27. The molecule has 1 fully saturated rings. The van der Waals surface area contributed by atoms with Gasteiger partial charge in [-0.05, 0) is 40.1 Å². The molecule has 4 rings (SSSR count). The number of hydrogen-bond donors (Lipinski definition) is 0. The van der Waals surface area contributed by atoms with Crippen LogP contribution < -0.4 is 0 Å². The van der Waals surface area contributed by atoms with Crippen molar-refractivity contribution in [3.63, 3.8) is 0 Å². The van der Waals surface area contributed by atoms with Crippen LogP contribution in [0.2, 0.25) is 5.02 Å². The van der Waals surface area contributed by atoms with Crippen molar-refractivity contribution in [1.82, 2.24) is 9.80 Å². The van der Waals surface area contributed by atoms with Gasteiger partial charge in [0.05, 0.1) is 6.54 Å². The molecule has 1 aliphatic rings. The highest BCUT2D eigenvalue weighted by atomic mass is 35.5. The summed E-state index contributed by atoms with van der Waals surface area (Å²) in [4.78, 5) is 16.7. The summed E-state index contributed by atoms with van der Waals surface area (Å²) in [6.45, 7) is 3.65. The van der Waals surface area contributed by atoms with Crippen molar-refractivity contribution in [2.24, 2.45) is 0 Å². The summed E-state index contributed by atoms with van der Waals surface area (Å²) < 4.78 is 0. The van der Waals surface area contributed by atoms with Gasteiger partial charge in [0.2, 0.25) is 5.91 Å². The molecule has 0 aliphatic carbocycles. The molecule has 0 aromatic heterocycles. The van der Waals surface area contributed by atoms with Gasteiger partial charge in [-0.3, -0.25) is 9.69 Å². The normalized spacial score (nSPS) is 15.6. The smallest absolute Gasteiger partial charge is 0.237 e. The molecule has 3 aromatic carbocycles. The van der Waals surface area contributed by atoms with E-state index >= 15 is 0 Å². The zero-order chi connectivity index (χ0) is 17.9. The monoisotopic (exact) mass is 364 g/mol. The lowest BCUT2D eigenvalue weighted by Crippen LogP contribution is -2.49. The molecule has 1 aliphatic heterocycles. The molecule has 26 heavy (non-hydrogen) atoms. The van der Waals surface area contributed by atoms with E-state index in [-0.39, 0.29) is 5.91 Å². The Labute approximate surface area is 158 Å². The third-order valence-corrected chi connectivity index (χ3v) is 5.12. The number of fused-ring (bicyclic) bond motifs is 1. The van der Waals surface area contributed by atoms with Crippen molar-refractivity contribution in [2.45, 2.75) is 13.1 Å². The van der Waals surface area contributed by atoms with Gasteiger partial charge >= 0.3 is 0 Å². The average molecular weight is 365 g/mol. The summed E-state index contributed by atoms with van der Waals surface area (Å²) in [5.74, 6) is 0.202. The first-order valence-electron chi connectivity index (χ1n) is 8.90. The van der Waals surface area contributed by atoms with Crippen LogP contribution in [-0.4, -0.2) is 35.3 Å². The first kappa shape index (κ1) is 17.1. The number of carbonyl (C=O) groups is 1. The van der Waals surface area contributed by atoms with Crippen LogP contribution >= 0.6 is 11.6 Å². The highest BCUT2D eigenvalue weighted by molar-refractivity contribution is 6.31.